The van der Waals surface area contributed by atoms with E-state index in [2.05, 4.69) is 52.4 Å². The second-order valence-corrected chi connectivity index (χ2v) is 7.62. The van der Waals surface area contributed by atoms with E-state index in [4.69, 9.17) is 9.73 Å². The van der Waals surface area contributed by atoms with E-state index in [0.717, 1.165) is 77.6 Å². The van der Waals surface area contributed by atoms with E-state index in [1.54, 1.807) is 0 Å². The third-order valence-electron chi connectivity index (χ3n) is 5.44. The van der Waals surface area contributed by atoms with E-state index >= 15 is 0 Å². The maximum Gasteiger partial charge on any atom is 0.193 e. The molecule has 2 aliphatic rings. The molecule has 0 spiro atoms. The molecule has 3 rings (SSSR count). The Hall–Kier alpha value is -0.860. The van der Waals surface area contributed by atoms with Crippen molar-refractivity contribution in [3.05, 3.63) is 35.9 Å². The first-order chi connectivity index (χ1) is 13.3. The Morgan fingerprint density at radius 2 is 1.82 bits per heavy atom. The summed E-state index contributed by atoms with van der Waals surface area (Å²) >= 11 is 0. The van der Waals surface area contributed by atoms with Gasteiger partial charge < -0.3 is 15.0 Å². The minimum absolute atomic E-state index is 0. The Balaban J connectivity index is 0.00000280. The van der Waals surface area contributed by atoms with Crippen LogP contribution in [0, 0.1) is 0 Å². The number of nitrogens with zero attached hydrogens (tertiary/aromatic N) is 3. The lowest BCUT2D eigenvalue weighted by molar-refractivity contribution is 0.00565. The maximum atomic E-state index is 6.12. The van der Waals surface area contributed by atoms with Gasteiger partial charge in [0.15, 0.2) is 5.96 Å². The number of likely N-dealkylation sites (tertiary alicyclic amines) is 2. The summed E-state index contributed by atoms with van der Waals surface area (Å²) in [5.74, 6) is 1.09. The molecule has 0 amide bonds. The Labute approximate surface area is 187 Å². The molecule has 2 heterocycles. The largest absolute Gasteiger partial charge is 0.378 e. The van der Waals surface area contributed by atoms with Crippen molar-refractivity contribution in [3.8, 4) is 0 Å². The number of benzene rings is 1. The molecule has 2 saturated heterocycles. The smallest absolute Gasteiger partial charge is 0.193 e. The first-order valence-corrected chi connectivity index (χ1v) is 10.8. The number of aliphatic imine (C=N–C) groups is 1. The summed E-state index contributed by atoms with van der Waals surface area (Å²) < 4.78 is 6.12. The number of rotatable bonds is 8. The first kappa shape index (κ1) is 23.4. The molecule has 0 aromatic heterocycles. The molecule has 0 atom stereocenters. The van der Waals surface area contributed by atoms with Gasteiger partial charge in [0.25, 0.3) is 0 Å². The van der Waals surface area contributed by atoms with Crippen molar-refractivity contribution in [1.82, 2.24) is 15.1 Å². The zero-order valence-electron chi connectivity index (χ0n) is 17.3. The lowest BCUT2D eigenvalue weighted by atomic mass is 10.1. The van der Waals surface area contributed by atoms with E-state index in [1.807, 2.05) is 0 Å². The predicted molar refractivity (Wildman–Crippen MR) is 128 cm³/mol. The summed E-state index contributed by atoms with van der Waals surface area (Å²) in [5.41, 5.74) is 1.41. The van der Waals surface area contributed by atoms with Crippen molar-refractivity contribution in [3.63, 3.8) is 0 Å². The van der Waals surface area contributed by atoms with Crippen LogP contribution in [0.5, 0.6) is 0 Å². The van der Waals surface area contributed by atoms with Crippen molar-refractivity contribution in [1.29, 1.82) is 0 Å². The molecule has 1 aromatic carbocycles. The molecule has 1 aromatic rings. The predicted octanol–water partition coefficient (Wildman–Crippen LogP) is 3.74. The minimum atomic E-state index is 0. The molecular formula is C22H37IN4O. The van der Waals surface area contributed by atoms with Gasteiger partial charge >= 0.3 is 0 Å². The Morgan fingerprint density at radius 3 is 2.50 bits per heavy atom. The summed E-state index contributed by atoms with van der Waals surface area (Å²) in [7, 11) is 0. The van der Waals surface area contributed by atoms with Crippen LogP contribution >= 0.6 is 24.0 Å². The van der Waals surface area contributed by atoms with Crippen LogP contribution in [0.15, 0.2) is 35.3 Å². The topological polar surface area (TPSA) is 40.1 Å². The number of hydrogen-bond donors (Lipinski definition) is 1. The van der Waals surface area contributed by atoms with E-state index in [-0.39, 0.29) is 24.0 Å². The normalized spacial score (nSPS) is 18.9. The Morgan fingerprint density at radius 1 is 1.11 bits per heavy atom. The van der Waals surface area contributed by atoms with Gasteiger partial charge in [0.05, 0.1) is 6.10 Å². The van der Waals surface area contributed by atoms with Crippen molar-refractivity contribution < 1.29 is 4.74 Å². The summed E-state index contributed by atoms with van der Waals surface area (Å²) in [6.07, 6.45) is 6.30. The average molecular weight is 500 g/mol. The fourth-order valence-corrected chi connectivity index (χ4v) is 3.93. The van der Waals surface area contributed by atoms with Crippen LogP contribution in [0.25, 0.3) is 0 Å². The molecule has 0 radical (unpaired) electrons. The van der Waals surface area contributed by atoms with Gasteiger partial charge in [0, 0.05) is 52.4 Å². The van der Waals surface area contributed by atoms with Crippen molar-refractivity contribution in [2.24, 2.45) is 4.99 Å². The first-order valence-electron chi connectivity index (χ1n) is 10.8. The van der Waals surface area contributed by atoms with E-state index < -0.39 is 0 Å². The highest BCUT2D eigenvalue weighted by molar-refractivity contribution is 14.0. The van der Waals surface area contributed by atoms with Crippen LogP contribution < -0.4 is 5.32 Å². The maximum absolute atomic E-state index is 6.12. The molecule has 2 fully saturated rings. The fraction of sp³-hybridized carbons (Fsp3) is 0.682. The van der Waals surface area contributed by atoms with Gasteiger partial charge in [-0.2, -0.15) is 0 Å². The van der Waals surface area contributed by atoms with Gasteiger partial charge in [-0.3, -0.25) is 9.89 Å². The average Bonchev–Trinajstić information content (AvgIpc) is 3.24. The van der Waals surface area contributed by atoms with Crippen molar-refractivity contribution >= 4 is 29.9 Å². The third kappa shape index (κ3) is 7.87. The quantitative estimate of drug-likeness (QED) is 0.256. The number of hydrogen-bond acceptors (Lipinski definition) is 3. The van der Waals surface area contributed by atoms with E-state index in [1.165, 1.54) is 18.4 Å². The summed E-state index contributed by atoms with van der Waals surface area (Å²) in [5, 5.41) is 3.42. The van der Waals surface area contributed by atoms with Gasteiger partial charge in [-0.1, -0.05) is 30.3 Å². The Kier molecular flexibility index (Phi) is 11.2. The standard InChI is InChI=1S/C22H36N4O.HI/c1-2-23-22(26-14-6-7-15-26)24-13-8-18-27-21-11-16-25(17-12-21)19-20-9-4-3-5-10-20;/h3-5,9-10,21H,2,6-8,11-19H2,1H3,(H,23,24);1H. The third-order valence-corrected chi connectivity index (χ3v) is 5.44. The van der Waals surface area contributed by atoms with Gasteiger partial charge in [-0.25, -0.2) is 0 Å². The van der Waals surface area contributed by atoms with Gasteiger partial charge in [-0.15, -0.1) is 24.0 Å². The monoisotopic (exact) mass is 500 g/mol. The van der Waals surface area contributed by atoms with Crippen molar-refractivity contribution in [2.75, 3.05) is 45.9 Å². The molecule has 5 nitrogen and oxygen atoms in total. The summed E-state index contributed by atoms with van der Waals surface area (Å²) in [6, 6.07) is 10.8. The van der Waals surface area contributed by atoms with E-state index in [0.29, 0.717) is 6.10 Å². The minimum Gasteiger partial charge on any atom is -0.378 e. The highest BCUT2D eigenvalue weighted by atomic mass is 127. The summed E-state index contributed by atoms with van der Waals surface area (Å²) in [6.45, 7) is 10.4. The molecule has 6 heteroatoms. The molecule has 28 heavy (non-hydrogen) atoms. The molecule has 0 aliphatic carbocycles. The van der Waals surface area contributed by atoms with E-state index in [9.17, 15) is 0 Å². The van der Waals surface area contributed by atoms with Crippen LogP contribution in [0.1, 0.15) is 44.6 Å². The van der Waals surface area contributed by atoms with Crippen LogP contribution in [-0.4, -0.2) is 67.7 Å². The van der Waals surface area contributed by atoms with Gasteiger partial charge in [0.1, 0.15) is 0 Å². The molecule has 0 bridgehead atoms. The lowest BCUT2D eigenvalue weighted by Gasteiger charge is -2.31. The molecule has 158 valence electrons. The summed E-state index contributed by atoms with van der Waals surface area (Å²) in [4.78, 5) is 9.70. The van der Waals surface area contributed by atoms with Crippen LogP contribution in [-0.2, 0) is 11.3 Å². The lowest BCUT2D eigenvalue weighted by Crippen LogP contribution is -2.39. The second-order valence-electron chi connectivity index (χ2n) is 7.62. The fourth-order valence-electron chi connectivity index (χ4n) is 3.93. The van der Waals surface area contributed by atoms with Crippen LogP contribution in [0.2, 0.25) is 0 Å². The highest BCUT2D eigenvalue weighted by Gasteiger charge is 2.19. The van der Waals surface area contributed by atoms with Crippen LogP contribution in [0.3, 0.4) is 0 Å². The number of piperidine rings is 1. The number of nitrogens with one attached hydrogen (secondary N) is 1. The molecule has 2 aliphatic heterocycles. The molecule has 1 N–H and O–H groups in total. The zero-order valence-corrected chi connectivity index (χ0v) is 19.6. The van der Waals surface area contributed by atoms with Gasteiger partial charge in [-0.05, 0) is 44.6 Å². The van der Waals surface area contributed by atoms with Crippen molar-refractivity contribution in [2.45, 2.75) is 51.7 Å². The Bertz CT molecular complexity index is 555. The number of halogens is 1. The molecular weight excluding hydrogens is 463 g/mol. The van der Waals surface area contributed by atoms with Crippen LogP contribution in [0.4, 0.5) is 0 Å². The SMILES string of the molecule is CCNC(=NCCCOC1CCN(Cc2ccccc2)CC1)N1CCCC1.I. The zero-order chi connectivity index (χ0) is 18.7. The number of ether oxygens (including phenoxy) is 1. The molecule has 0 unspecified atom stereocenters. The molecule has 0 saturated carbocycles. The van der Waals surface area contributed by atoms with Gasteiger partial charge in [0.2, 0.25) is 0 Å². The second kappa shape index (κ2) is 13.4. The highest BCUT2D eigenvalue weighted by Crippen LogP contribution is 2.16. The number of guanidine groups is 1.